The van der Waals surface area contributed by atoms with Crippen LogP contribution in [0.25, 0.3) is 0 Å². The van der Waals surface area contributed by atoms with Gasteiger partial charge < -0.3 is 21.3 Å². The molecule has 0 aliphatic rings. The summed E-state index contributed by atoms with van der Waals surface area (Å²) < 4.78 is 0. The summed E-state index contributed by atoms with van der Waals surface area (Å²) in [5.74, 6) is 0. The Hall–Kier alpha value is -0.160. The van der Waals surface area contributed by atoms with Crippen LogP contribution in [0.15, 0.2) is 0 Å². The third-order valence-corrected chi connectivity index (χ3v) is 6.39. The second-order valence-electron chi connectivity index (χ2n) is 7.54. The van der Waals surface area contributed by atoms with E-state index in [1.54, 1.807) is 0 Å². The van der Waals surface area contributed by atoms with E-state index in [-0.39, 0.29) is 5.41 Å². The first-order valence-corrected chi connectivity index (χ1v) is 11.3. The monoisotopic (exact) mass is 372 g/mol. The molecule has 0 radical (unpaired) electrons. The van der Waals surface area contributed by atoms with Crippen molar-refractivity contribution in [2.75, 3.05) is 39.3 Å². The molecule has 0 atom stereocenters. The van der Waals surface area contributed by atoms with E-state index in [1.807, 2.05) is 0 Å². The molecule has 0 bridgehead atoms. The highest BCUT2D eigenvalue weighted by Crippen LogP contribution is 2.40. The molecule has 0 heterocycles. The minimum Gasteiger partial charge on any atom is -0.313 e. The second kappa shape index (κ2) is 15.9. The lowest BCUT2D eigenvalue weighted by molar-refractivity contribution is 0.0913. The van der Waals surface area contributed by atoms with Crippen LogP contribution in [0.3, 0.4) is 0 Å². The van der Waals surface area contributed by atoms with Gasteiger partial charge >= 0.3 is 0 Å². The lowest BCUT2D eigenvalue weighted by Crippen LogP contribution is -2.61. The summed E-state index contributed by atoms with van der Waals surface area (Å²) in [7, 11) is 0. The number of hydrogen-bond donors (Lipinski definition) is 2. The SMILES string of the molecule is CCCC(CC)(CC)C(N)(N)CC.CCN(CC)CCCN(CC)CC. The first-order valence-electron chi connectivity index (χ1n) is 11.3. The van der Waals surface area contributed by atoms with Crippen LogP contribution in [-0.4, -0.2) is 54.7 Å². The van der Waals surface area contributed by atoms with Gasteiger partial charge in [-0.1, -0.05) is 61.8 Å². The van der Waals surface area contributed by atoms with Crippen LogP contribution in [0.5, 0.6) is 0 Å². The molecule has 0 rings (SSSR count). The summed E-state index contributed by atoms with van der Waals surface area (Å²) in [5, 5.41) is 0. The van der Waals surface area contributed by atoms with Crippen molar-refractivity contribution in [2.45, 2.75) is 99.6 Å². The molecule has 0 aromatic rings. The fourth-order valence-electron chi connectivity index (χ4n) is 3.95. The third-order valence-electron chi connectivity index (χ3n) is 6.39. The smallest absolute Gasteiger partial charge is 0.0691 e. The van der Waals surface area contributed by atoms with Crippen molar-refractivity contribution >= 4 is 0 Å². The molecule has 4 nitrogen and oxygen atoms in total. The van der Waals surface area contributed by atoms with Gasteiger partial charge in [0, 0.05) is 5.41 Å². The molecule has 0 amide bonds. The van der Waals surface area contributed by atoms with E-state index in [9.17, 15) is 0 Å². The lowest BCUT2D eigenvalue weighted by Gasteiger charge is -2.45. The van der Waals surface area contributed by atoms with Gasteiger partial charge in [-0.2, -0.15) is 0 Å². The Morgan fingerprint density at radius 2 is 1.00 bits per heavy atom. The highest BCUT2D eigenvalue weighted by atomic mass is 15.1. The van der Waals surface area contributed by atoms with Crippen molar-refractivity contribution in [2.24, 2.45) is 16.9 Å². The van der Waals surface area contributed by atoms with Crippen LogP contribution < -0.4 is 11.5 Å². The third kappa shape index (κ3) is 9.68. The van der Waals surface area contributed by atoms with E-state index in [1.165, 1.54) is 45.7 Å². The van der Waals surface area contributed by atoms with Crippen molar-refractivity contribution in [3.8, 4) is 0 Å². The van der Waals surface area contributed by atoms with Crippen molar-refractivity contribution in [3.63, 3.8) is 0 Å². The van der Waals surface area contributed by atoms with Crippen molar-refractivity contribution in [1.82, 2.24) is 9.80 Å². The summed E-state index contributed by atoms with van der Waals surface area (Å²) >= 11 is 0. The van der Waals surface area contributed by atoms with E-state index < -0.39 is 5.66 Å². The molecule has 0 aromatic carbocycles. The largest absolute Gasteiger partial charge is 0.313 e. The summed E-state index contributed by atoms with van der Waals surface area (Å²) in [6.07, 6.45) is 6.63. The summed E-state index contributed by atoms with van der Waals surface area (Å²) in [4.78, 5) is 4.98. The molecule has 0 unspecified atom stereocenters. The first-order chi connectivity index (χ1) is 12.3. The molecule has 0 saturated carbocycles. The molecule has 160 valence electrons. The molecule has 0 aromatic heterocycles. The number of nitrogens with zero attached hydrogens (tertiary/aromatic N) is 2. The molecule has 0 saturated heterocycles. The van der Waals surface area contributed by atoms with Gasteiger partial charge in [-0.15, -0.1) is 0 Å². The van der Waals surface area contributed by atoms with Crippen LogP contribution in [0.4, 0.5) is 0 Å². The van der Waals surface area contributed by atoms with Crippen molar-refractivity contribution in [3.05, 3.63) is 0 Å². The minimum atomic E-state index is -0.494. The Morgan fingerprint density at radius 1 is 0.615 bits per heavy atom. The van der Waals surface area contributed by atoms with Crippen molar-refractivity contribution < 1.29 is 0 Å². The Balaban J connectivity index is 0. The van der Waals surface area contributed by atoms with Gasteiger partial charge in [0.05, 0.1) is 5.66 Å². The molecule has 0 aliphatic carbocycles. The average Bonchev–Trinajstić information content (AvgIpc) is 2.66. The first kappa shape index (κ1) is 28.1. The van der Waals surface area contributed by atoms with Gasteiger partial charge in [0.2, 0.25) is 0 Å². The van der Waals surface area contributed by atoms with Crippen LogP contribution in [0, 0.1) is 5.41 Å². The van der Waals surface area contributed by atoms with Crippen LogP contribution >= 0.6 is 0 Å². The van der Waals surface area contributed by atoms with Gasteiger partial charge in [-0.3, -0.25) is 0 Å². The fourth-order valence-corrected chi connectivity index (χ4v) is 3.95. The maximum absolute atomic E-state index is 6.18. The quantitative estimate of drug-likeness (QED) is 0.435. The Bertz CT molecular complexity index is 281. The predicted octanol–water partition coefficient (Wildman–Crippen LogP) is 4.68. The zero-order valence-electron chi connectivity index (χ0n) is 19.5. The van der Waals surface area contributed by atoms with E-state index in [2.05, 4.69) is 65.2 Å². The van der Waals surface area contributed by atoms with E-state index in [4.69, 9.17) is 11.5 Å². The Morgan fingerprint density at radius 3 is 1.23 bits per heavy atom. The number of rotatable bonds is 14. The fraction of sp³-hybridized carbons (Fsp3) is 1.00. The van der Waals surface area contributed by atoms with Gasteiger partial charge in [0.15, 0.2) is 0 Å². The normalized spacial score (nSPS) is 12.5. The van der Waals surface area contributed by atoms with Gasteiger partial charge in [0.1, 0.15) is 0 Å². The van der Waals surface area contributed by atoms with Crippen LogP contribution in [0.1, 0.15) is 93.9 Å². The van der Waals surface area contributed by atoms with Gasteiger partial charge in [-0.05, 0) is 71.4 Å². The van der Waals surface area contributed by atoms with E-state index >= 15 is 0 Å². The number of nitrogens with two attached hydrogens (primary N) is 2. The second-order valence-corrected chi connectivity index (χ2v) is 7.54. The maximum Gasteiger partial charge on any atom is 0.0691 e. The van der Waals surface area contributed by atoms with Crippen LogP contribution in [-0.2, 0) is 0 Å². The molecule has 0 spiro atoms. The summed E-state index contributed by atoms with van der Waals surface area (Å²) in [5.41, 5.74) is 12.0. The van der Waals surface area contributed by atoms with Gasteiger partial charge in [-0.25, -0.2) is 0 Å². The zero-order chi connectivity index (χ0) is 20.6. The number of hydrogen-bond acceptors (Lipinski definition) is 4. The zero-order valence-corrected chi connectivity index (χ0v) is 19.5. The highest BCUT2D eigenvalue weighted by molar-refractivity contribution is 4.95. The predicted molar refractivity (Wildman–Crippen MR) is 120 cm³/mol. The lowest BCUT2D eigenvalue weighted by atomic mass is 9.67. The summed E-state index contributed by atoms with van der Waals surface area (Å²) in [6.45, 7) is 24.9. The minimum absolute atomic E-state index is 0.135. The Kier molecular flexibility index (Phi) is 17.1. The van der Waals surface area contributed by atoms with Crippen LogP contribution in [0.2, 0.25) is 0 Å². The molecule has 4 N–H and O–H groups in total. The van der Waals surface area contributed by atoms with Gasteiger partial charge in [0.25, 0.3) is 0 Å². The molecular weight excluding hydrogens is 320 g/mol. The van der Waals surface area contributed by atoms with Crippen molar-refractivity contribution in [1.29, 1.82) is 0 Å². The standard InChI is InChI=1S/2C11H26N2/c1-5-12(6-2)10-9-11-13(7-3)8-4;1-5-9-10(6-2,7-3)11(12,13)8-4/h5-11H2,1-4H3;5-9,12-13H2,1-4H3. The topological polar surface area (TPSA) is 58.5 Å². The maximum atomic E-state index is 6.18. The summed E-state index contributed by atoms with van der Waals surface area (Å²) in [6, 6.07) is 0. The Labute approximate surface area is 166 Å². The highest BCUT2D eigenvalue weighted by Gasteiger charge is 2.41. The molecular formula is C22H52N4. The molecule has 0 aliphatic heterocycles. The van der Waals surface area contributed by atoms with E-state index in [0.717, 1.165) is 32.1 Å². The van der Waals surface area contributed by atoms with E-state index in [0.29, 0.717) is 0 Å². The molecule has 4 heteroatoms. The molecule has 0 fully saturated rings. The molecule has 26 heavy (non-hydrogen) atoms. The average molecular weight is 373 g/mol.